The fourth-order valence-electron chi connectivity index (χ4n) is 2.42. The van der Waals surface area contributed by atoms with Crippen LogP contribution in [0.25, 0.3) is 0 Å². The molecule has 2 aliphatic carbocycles. The smallest absolute Gasteiger partial charge is 0.132 e. The Morgan fingerprint density at radius 3 is 2.00 bits per heavy atom. The molecule has 0 heterocycles. The number of Topliss-reactive ketones (excluding diaryl/α,β-unsaturated/α-hetero) is 1. The van der Waals surface area contributed by atoms with Crippen LogP contribution in [0.4, 0.5) is 0 Å². The second kappa shape index (κ2) is 2.08. The fourth-order valence-corrected chi connectivity index (χ4v) is 2.42. The van der Waals surface area contributed by atoms with Crippen molar-refractivity contribution in [2.75, 3.05) is 0 Å². The van der Waals surface area contributed by atoms with E-state index < -0.39 is 0 Å². The number of carbonyl (C=O) groups excluding carboxylic acids is 1. The number of fused-ring (bicyclic) bond motifs is 1. The summed E-state index contributed by atoms with van der Waals surface area (Å²) in [4.78, 5) is 11.0. The first-order valence-electron chi connectivity index (χ1n) is 4.28. The van der Waals surface area contributed by atoms with Crippen LogP contribution in [0.1, 0.15) is 32.6 Å². The zero-order valence-corrected chi connectivity index (χ0v) is 6.47. The van der Waals surface area contributed by atoms with E-state index in [2.05, 4.69) is 0 Å². The zero-order valence-electron chi connectivity index (χ0n) is 6.47. The summed E-state index contributed by atoms with van der Waals surface area (Å²) in [5, 5.41) is 0. The van der Waals surface area contributed by atoms with Gasteiger partial charge in [-0.1, -0.05) is 0 Å². The predicted octanol–water partition coefficient (Wildman–Crippen LogP) is 2.01. The molecule has 2 atom stereocenters. The summed E-state index contributed by atoms with van der Waals surface area (Å²) >= 11 is 0. The number of rotatable bonds is 1. The summed E-state index contributed by atoms with van der Waals surface area (Å²) in [6.45, 7) is 1.75. The van der Waals surface area contributed by atoms with Gasteiger partial charge in [0.15, 0.2) is 0 Å². The molecule has 2 unspecified atom stereocenters. The normalized spacial score (nSPS) is 44.3. The Hall–Kier alpha value is -0.330. The van der Waals surface area contributed by atoms with E-state index in [9.17, 15) is 4.79 Å². The Morgan fingerprint density at radius 1 is 1.20 bits per heavy atom. The van der Waals surface area contributed by atoms with Gasteiger partial charge in [-0.2, -0.15) is 0 Å². The van der Waals surface area contributed by atoms with E-state index in [0.29, 0.717) is 11.7 Å². The van der Waals surface area contributed by atoms with Gasteiger partial charge in [-0.3, -0.25) is 4.79 Å². The Bertz CT molecular complexity index is 150. The lowest BCUT2D eigenvalue weighted by atomic mass is 9.77. The van der Waals surface area contributed by atoms with Crippen LogP contribution < -0.4 is 0 Å². The van der Waals surface area contributed by atoms with Gasteiger partial charge in [-0.25, -0.2) is 0 Å². The molecule has 2 aliphatic rings. The van der Waals surface area contributed by atoms with Crippen LogP contribution in [0.3, 0.4) is 0 Å². The van der Waals surface area contributed by atoms with Crippen molar-refractivity contribution in [1.82, 2.24) is 0 Å². The fraction of sp³-hybridized carbons (Fsp3) is 0.889. The van der Waals surface area contributed by atoms with Crippen LogP contribution in [0.2, 0.25) is 0 Å². The Morgan fingerprint density at radius 2 is 1.70 bits per heavy atom. The van der Waals surface area contributed by atoms with E-state index in [1.807, 2.05) is 0 Å². The number of ketones is 1. The molecule has 2 fully saturated rings. The van der Waals surface area contributed by atoms with Crippen LogP contribution in [0.5, 0.6) is 0 Å². The first-order chi connectivity index (χ1) is 4.77. The topological polar surface area (TPSA) is 17.1 Å². The highest BCUT2D eigenvalue weighted by atomic mass is 16.1. The largest absolute Gasteiger partial charge is 0.300 e. The van der Waals surface area contributed by atoms with Gasteiger partial charge in [-0.05, 0) is 44.4 Å². The summed E-state index contributed by atoms with van der Waals surface area (Å²) in [5.74, 6) is 2.75. The highest BCUT2D eigenvalue weighted by Gasteiger charge is 2.41. The molecule has 0 bridgehead atoms. The molecule has 0 radical (unpaired) electrons. The van der Waals surface area contributed by atoms with Gasteiger partial charge in [0, 0.05) is 5.92 Å². The summed E-state index contributed by atoms with van der Waals surface area (Å²) in [6, 6.07) is 0. The molecular weight excluding hydrogens is 124 g/mol. The van der Waals surface area contributed by atoms with Gasteiger partial charge < -0.3 is 0 Å². The monoisotopic (exact) mass is 138 g/mol. The predicted molar refractivity (Wildman–Crippen MR) is 39.6 cm³/mol. The van der Waals surface area contributed by atoms with Crippen molar-refractivity contribution in [1.29, 1.82) is 0 Å². The minimum Gasteiger partial charge on any atom is -0.300 e. The number of hydrogen-bond donors (Lipinski definition) is 0. The summed E-state index contributed by atoms with van der Waals surface area (Å²) in [6.07, 6.45) is 5.21. The van der Waals surface area contributed by atoms with Crippen molar-refractivity contribution in [2.45, 2.75) is 32.6 Å². The molecule has 0 aromatic rings. The average molecular weight is 138 g/mol. The average Bonchev–Trinajstić information content (AvgIpc) is 2.09. The quantitative estimate of drug-likeness (QED) is 0.541. The Balaban J connectivity index is 1.98. The third-order valence-electron chi connectivity index (χ3n) is 3.32. The van der Waals surface area contributed by atoms with Crippen molar-refractivity contribution in [3.8, 4) is 0 Å². The molecule has 0 N–H and O–H groups in total. The zero-order chi connectivity index (χ0) is 7.14. The Kier molecular flexibility index (Phi) is 1.33. The molecular formula is C9H14O. The van der Waals surface area contributed by atoms with Crippen LogP contribution in [0, 0.1) is 17.8 Å². The molecule has 56 valence electrons. The van der Waals surface area contributed by atoms with Gasteiger partial charge in [0.25, 0.3) is 0 Å². The maximum absolute atomic E-state index is 11.0. The van der Waals surface area contributed by atoms with Gasteiger partial charge in [0.2, 0.25) is 0 Å². The van der Waals surface area contributed by atoms with Crippen molar-refractivity contribution in [2.24, 2.45) is 17.8 Å². The highest BCUT2D eigenvalue weighted by Crippen LogP contribution is 2.49. The molecule has 0 saturated heterocycles. The summed E-state index contributed by atoms with van der Waals surface area (Å²) in [5.41, 5.74) is 0. The first-order valence-corrected chi connectivity index (χ1v) is 4.28. The van der Waals surface area contributed by atoms with Crippen LogP contribution >= 0.6 is 0 Å². The lowest BCUT2D eigenvalue weighted by Gasteiger charge is -2.29. The summed E-state index contributed by atoms with van der Waals surface area (Å²) < 4.78 is 0. The third-order valence-corrected chi connectivity index (χ3v) is 3.32. The van der Waals surface area contributed by atoms with E-state index in [4.69, 9.17) is 0 Å². The first kappa shape index (κ1) is 6.38. The molecule has 0 aromatic carbocycles. The highest BCUT2D eigenvalue weighted by molar-refractivity contribution is 5.78. The van der Waals surface area contributed by atoms with E-state index in [-0.39, 0.29) is 0 Å². The minimum absolute atomic E-state index is 0.425. The molecule has 1 heteroatoms. The van der Waals surface area contributed by atoms with Gasteiger partial charge >= 0.3 is 0 Å². The van der Waals surface area contributed by atoms with E-state index in [0.717, 1.165) is 11.8 Å². The van der Waals surface area contributed by atoms with Crippen molar-refractivity contribution >= 4 is 5.78 Å². The van der Waals surface area contributed by atoms with Crippen molar-refractivity contribution in [3.63, 3.8) is 0 Å². The molecule has 0 aromatic heterocycles. The lowest BCUT2D eigenvalue weighted by Crippen LogP contribution is -2.18. The number of carbonyl (C=O) groups is 1. The maximum Gasteiger partial charge on any atom is 0.132 e. The Labute approximate surface area is 61.8 Å². The van der Waals surface area contributed by atoms with Crippen molar-refractivity contribution in [3.05, 3.63) is 0 Å². The van der Waals surface area contributed by atoms with E-state index in [1.165, 1.54) is 25.7 Å². The molecule has 0 amide bonds. The lowest BCUT2D eigenvalue weighted by molar-refractivity contribution is -0.120. The standard InChI is InChI=1S/C9H14O/c1-6(10)9-4-7-2-3-8(7)5-9/h7-9H,2-5H2,1H3. The van der Waals surface area contributed by atoms with Gasteiger partial charge in [0.1, 0.15) is 5.78 Å². The van der Waals surface area contributed by atoms with Gasteiger partial charge in [0.05, 0.1) is 0 Å². The summed E-state index contributed by atoms with van der Waals surface area (Å²) in [7, 11) is 0. The number of hydrogen-bond acceptors (Lipinski definition) is 1. The molecule has 0 aliphatic heterocycles. The van der Waals surface area contributed by atoms with Crippen LogP contribution in [-0.4, -0.2) is 5.78 Å². The minimum atomic E-state index is 0.425. The van der Waals surface area contributed by atoms with Gasteiger partial charge in [-0.15, -0.1) is 0 Å². The van der Waals surface area contributed by atoms with Crippen LogP contribution in [-0.2, 0) is 4.79 Å². The molecule has 1 nitrogen and oxygen atoms in total. The second-order valence-electron chi connectivity index (χ2n) is 3.88. The molecule has 10 heavy (non-hydrogen) atoms. The van der Waals surface area contributed by atoms with Crippen LogP contribution in [0.15, 0.2) is 0 Å². The molecule has 2 saturated carbocycles. The molecule has 0 spiro atoms. The van der Waals surface area contributed by atoms with E-state index >= 15 is 0 Å². The molecule has 2 rings (SSSR count). The SMILES string of the molecule is CC(=O)C1CC2CCC2C1. The maximum atomic E-state index is 11.0. The second-order valence-corrected chi connectivity index (χ2v) is 3.88. The van der Waals surface area contributed by atoms with E-state index in [1.54, 1.807) is 6.92 Å². The van der Waals surface area contributed by atoms with Crippen molar-refractivity contribution < 1.29 is 4.79 Å². The third kappa shape index (κ3) is 0.799.